The summed E-state index contributed by atoms with van der Waals surface area (Å²) in [6.45, 7) is 5.42. The normalized spacial score (nSPS) is 11.1. The van der Waals surface area contributed by atoms with Gasteiger partial charge < -0.3 is 19.7 Å². The minimum atomic E-state index is -1.07. The molecule has 0 radical (unpaired) electrons. The number of hydrogen-bond acceptors (Lipinski definition) is 5. The van der Waals surface area contributed by atoms with Crippen molar-refractivity contribution >= 4 is 17.6 Å². The molecule has 7 nitrogen and oxygen atoms in total. The van der Waals surface area contributed by atoms with E-state index in [0.29, 0.717) is 17.2 Å². The van der Waals surface area contributed by atoms with Crippen LogP contribution in [-0.4, -0.2) is 28.7 Å². The highest BCUT2D eigenvalue weighted by atomic mass is 16.5. The smallest absolute Gasteiger partial charge is 0.341 e. The molecule has 0 atom stereocenters. The number of nitrogens with one attached hydrogen (secondary N) is 1. The zero-order valence-electron chi connectivity index (χ0n) is 13.1. The highest BCUT2D eigenvalue weighted by Gasteiger charge is 2.22. The maximum atomic E-state index is 12.2. The van der Waals surface area contributed by atoms with Crippen molar-refractivity contribution in [2.45, 2.75) is 26.2 Å². The first kappa shape index (κ1) is 16.5. The summed E-state index contributed by atoms with van der Waals surface area (Å²) in [7, 11) is 0. The summed E-state index contributed by atoms with van der Waals surface area (Å²) >= 11 is 0. The molecule has 0 aliphatic carbocycles. The average molecular weight is 318 g/mol. The number of carboxylic acid groups (broad SMARTS) is 1. The first-order valence-corrected chi connectivity index (χ1v) is 6.99. The van der Waals surface area contributed by atoms with Gasteiger partial charge in [0.15, 0.2) is 12.3 Å². The van der Waals surface area contributed by atoms with Crippen LogP contribution >= 0.6 is 0 Å². The summed E-state index contributed by atoms with van der Waals surface area (Å²) < 4.78 is 10.2. The monoisotopic (exact) mass is 318 g/mol. The highest BCUT2D eigenvalue weighted by molar-refractivity contribution is 6.02. The maximum Gasteiger partial charge on any atom is 0.341 e. The van der Waals surface area contributed by atoms with E-state index in [-0.39, 0.29) is 11.1 Å². The van der Waals surface area contributed by atoms with Gasteiger partial charge in [0.05, 0.1) is 0 Å². The summed E-state index contributed by atoms with van der Waals surface area (Å²) in [5, 5.41) is 15.0. The predicted octanol–water partition coefficient (Wildman–Crippen LogP) is 2.69. The molecule has 1 heterocycles. The van der Waals surface area contributed by atoms with Crippen LogP contribution in [0.4, 0.5) is 5.69 Å². The molecular formula is C16H18N2O5. The van der Waals surface area contributed by atoms with Gasteiger partial charge in [-0.1, -0.05) is 32.0 Å². The first-order chi connectivity index (χ1) is 10.8. The second-order valence-electron chi connectivity index (χ2n) is 5.99. The Kier molecular flexibility index (Phi) is 4.68. The lowest BCUT2D eigenvalue weighted by Gasteiger charge is -2.12. The number of hydrogen-bond donors (Lipinski definition) is 2. The third kappa shape index (κ3) is 4.57. The molecule has 2 N–H and O–H groups in total. The van der Waals surface area contributed by atoms with Gasteiger partial charge in [0.1, 0.15) is 11.5 Å². The van der Waals surface area contributed by atoms with Gasteiger partial charge in [0.25, 0.3) is 5.91 Å². The average Bonchev–Trinajstić information content (AvgIpc) is 2.95. The number of ether oxygens (including phenoxy) is 1. The number of carboxylic acids is 1. The summed E-state index contributed by atoms with van der Waals surface area (Å²) in [4.78, 5) is 22.7. The SMILES string of the molecule is CC(C)(C)c1cc(C(=O)Nc2cccc(OCC(=O)O)c2)no1. The van der Waals surface area contributed by atoms with Crippen molar-refractivity contribution in [3.63, 3.8) is 0 Å². The zero-order valence-corrected chi connectivity index (χ0v) is 13.1. The van der Waals surface area contributed by atoms with E-state index in [9.17, 15) is 9.59 Å². The van der Waals surface area contributed by atoms with Gasteiger partial charge in [-0.15, -0.1) is 0 Å². The standard InChI is InChI=1S/C16H18N2O5/c1-16(2,3)13-8-12(18-23-13)15(21)17-10-5-4-6-11(7-10)22-9-14(19)20/h4-8H,9H2,1-3H3,(H,17,21)(H,19,20). The second-order valence-corrected chi connectivity index (χ2v) is 5.99. The Morgan fingerprint density at radius 2 is 2.04 bits per heavy atom. The molecule has 2 aromatic rings. The number of nitrogens with zero attached hydrogens (tertiary/aromatic N) is 1. The van der Waals surface area contributed by atoms with E-state index in [4.69, 9.17) is 14.4 Å². The van der Waals surface area contributed by atoms with Crippen LogP contribution in [-0.2, 0) is 10.2 Å². The van der Waals surface area contributed by atoms with E-state index in [2.05, 4.69) is 10.5 Å². The molecule has 1 aromatic carbocycles. The van der Waals surface area contributed by atoms with Gasteiger partial charge in [-0.05, 0) is 12.1 Å². The molecular weight excluding hydrogens is 300 g/mol. The third-order valence-corrected chi connectivity index (χ3v) is 2.94. The minimum absolute atomic E-state index is 0.173. The van der Waals surface area contributed by atoms with Crippen LogP contribution in [0.5, 0.6) is 5.75 Å². The highest BCUT2D eigenvalue weighted by Crippen LogP contribution is 2.23. The minimum Gasteiger partial charge on any atom is -0.482 e. The van der Waals surface area contributed by atoms with Gasteiger partial charge >= 0.3 is 5.97 Å². The number of rotatable bonds is 5. The van der Waals surface area contributed by atoms with Crippen molar-refractivity contribution in [2.24, 2.45) is 0 Å². The molecule has 0 spiro atoms. The Hall–Kier alpha value is -2.83. The fourth-order valence-corrected chi connectivity index (χ4v) is 1.74. The van der Waals surface area contributed by atoms with Crippen molar-refractivity contribution in [1.29, 1.82) is 0 Å². The maximum absolute atomic E-state index is 12.2. The molecule has 0 aliphatic rings. The molecule has 0 saturated carbocycles. The Balaban J connectivity index is 2.06. The van der Waals surface area contributed by atoms with Crippen molar-refractivity contribution in [3.8, 4) is 5.75 Å². The molecule has 1 aromatic heterocycles. The van der Waals surface area contributed by atoms with Crippen molar-refractivity contribution < 1.29 is 24.0 Å². The van der Waals surface area contributed by atoms with E-state index in [1.54, 1.807) is 24.3 Å². The topological polar surface area (TPSA) is 102 Å². The van der Waals surface area contributed by atoms with Crippen molar-refractivity contribution in [3.05, 3.63) is 41.8 Å². The van der Waals surface area contributed by atoms with Gasteiger partial charge in [-0.25, -0.2) is 4.79 Å². The largest absolute Gasteiger partial charge is 0.482 e. The van der Waals surface area contributed by atoms with Crippen LogP contribution in [0.2, 0.25) is 0 Å². The van der Waals surface area contributed by atoms with Gasteiger partial charge in [0, 0.05) is 23.2 Å². The molecule has 0 bridgehead atoms. The van der Waals surface area contributed by atoms with Gasteiger partial charge in [-0.2, -0.15) is 0 Å². The van der Waals surface area contributed by atoms with Crippen LogP contribution in [0.25, 0.3) is 0 Å². The van der Waals surface area contributed by atoms with Gasteiger partial charge in [-0.3, -0.25) is 4.79 Å². The fourth-order valence-electron chi connectivity index (χ4n) is 1.74. The van der Waals surface area contributed by atoms with Crippen LogP contribution in [0.15, 0.2) is 34.9 Å². The van der Waals surface area contributed by atoms with E-state index >= 15 is 0 Å². The van der Waals surface area contributed by atoms with E-state index in [1.807, 2.05) is 20.8 Å². The summed E-state index contributed by atoms with van der Waals surface area (Å²) in [6.07, 6.45) is 0. The predicted molar refractivity (Wildman–Crippen MR) is 82.7 cm³/mol. The number of anilines is 1. The van der Waals surface area contributed by atoms with E-state index < -0.39 is 18.5 Å². The molecule has 1 amide bonds. The Morgan fingerprint density at radius 1 is 1.30 bits per heavy atom. The number of amides is 1. The zero-order chi connectivity index (χ0) is 17.0. The Labute approximate surface area is 133 Å². The Morgan fingerprint density at radius 3 is 2.65 bits per heavy atom. The van der Waals surface area contributed by atoms with Crippen LogP contribution < -0.4 is 10.1 Å². The number of aromatic nitrogens is 1. The quantitative estimate of drug-likeness (QED) is 0.879. The lowest BCUT2D eigenvalue weighted by atomic mass is 9.93. The summed E-state index contributed by atoms with van der Waals surface area (Å²) in [5.41, 5.74) is 0.404. The van der Waals surface area contributed by atoms with Crippen LogP contribution in [0.1, 0.15) is 37.0 Å². The lowest BCUT2D eigenvalue weighted by Crippen LogP contribution is -2.13. The summed E-state index contributed by atoms with van der Waals surface area (Å²) in [6, 6.07) is 8.05. The Bertz CT molecular complexity index is 715. The number of carbonyl (C=O) groups is 2. The molecule has 0 unspecified atom stereocenters. The second kappa shape index (κ2) is 6.51. The van der Waals surface area contributed by atoms with Crippen LogP contribution in [0.3, 0.4) is 0 Å². The number of carbonyl (C=O) groups excluding carboxylic acids is 1. The molecule has 122 valence electrons. The van der Waals surface area contributed by atoms with Crippen molar-refractivity contribution in [1.82, 2.24) is 5.16 Å². The fraction of sp³-hybridized carbons (Fsp3) is 0.312. The van der Waals surface area contributed by atoms with E-state index in [0.717, 1.165) is 0 Å². The molecule has 0 saturated heterocycles. The molecule has 7 heteroatoms. The number of benzene rings is 1. The van der Waals surface area contributed by atoms with Crippen molar-refractivity contribution in [2.75, 3.05) is 11.9 Å². The lowest BCUT2D eigenvalue weighted by molar-refractivity contribution is -0.139. The molecule has 2 rings (SSSR count). The number of aliphatic carboxylic acids is 1. The van der Waals surface area contributed by atoms with Gasteiger partial charge in [0.2, 0.25) is 0 Å². The first-order valence-electron chi connectivity index (χ1n) is 6.99. The summed E-state index contributed by atoms with van der Waals surface area (Å²) in [5.74, 6) is -0.529. The molecule has 23 heavy (non-hydrogen) atoms. The van der Waals surface area contributed by atoms with Crippen LogP contribution in [0, 0.1) is 0 Å². The molecule has 0 aliphatic heterocycles. The third-order valence-electron chi connectivity index (χ3n) is 2.94. The molecule has 0 fully saturated rings. The van der Waals surface area contributed by atoms with E-state index in [1.165, 1.54) is 6.07 Å².